The summed E-state index contributed by atoms with van der Waals surface area (Å²) in [5, 5.41) is 0. The molecule has 0 fully saturated rings. The number of thiophene rings is 1. The molecule has 0 aliphatic heterocycles. The lowest BCUT2D eigenvalue weighted by atomic mass is 10.2. The van der Waals surface area contributed by atoms with E-state index in [0.29, 0.717) is 4.47 Å². The first-order chi connectivity index (χ1) is 9.83. The third-order valence-electron chi connectivity index (χ3n) is 2.82. The van der Waals surface area contributed by atoms with Crippen LogP contribution in [0.5, 0.6) is 0 Å². The van der Waals surface area contributed by atoms with Crippen molar-refractivity contribution >= 4 is 37.3 Å². The number of hydrogen-bond acceptors (Lipinski definition) is 4. The maximum absolute atomic E-state index is 14.2. The summed E-state index contributed by atoms with van der Waals surface area (Å²) in [7, 11) is -3.94. The molecule has 0 spiro atoms. The molecule has 0 saturated heterocycles. The Hall–Kier alpha value is -0.800. The van der Waals surface area contributed by atoms with E-state index in [2.05, 4.69) is 20.7 Å². The number of aryl methyl sites for hydroxylation is 1. The van der Waals surface area contributed by atoms with Crippen molar-refractivity contribution in [3.8, 4) is 0 Å². The fourth-order valence-electron chi connectivity index (χ4n) is 1.79. The molecule has 114 valence electrons. The van der Waals surface area contributed by atoms with Crippen molar-refractivity contribution in [3.05, 3.63) is 49.9 Å². The second-order valence-corrected chi connectivity index (χ2v) is 8.44. The van der Waals surface area contributed by atoms with E-state index in [0.717, 1.165) is 9.75 Å². The van der Waals surface area contributed by atoms with Crippen LogP contribution in [0, 0.1) is 12.7 Å². The third kappa shape index (κ3) is 3.89. The number of nitrogens with one attached hydrogen (secondary N) is 1. The molecule has 0 aliphatic rings. The highest BCUT2D eigenvalue weighted by Crippen LogP contribution is 2.24. The van der Waals surface area contributed by atoms with E-state index in [1.807, 2.05) is 19.1 Å². The van der Waals surface area contributed by atoms with Gasteiger partial charge in [-0.05, 0) is 31.2 Å². The zero-order valence-electron chi connectivity index (χ0n) is 11.2. The Morgan fingerprint density at radius 2 is 2.10 bits per heavy atom. The maximum Gasteiger partial charge on any atom is 0.243 e. The van der Waals surface area contributed by atoms with E-state index in [9.17, 15) is 12.8 Å². The highest BCUT2D eigenvalue weighted by molar-refractivity contribution is 9.10. The van der Waals surface area contributed by atoms with E-state index in [-0.39, 0.29) is 18.7 Å². The molecular formula is C13H14BrFN2O2S2. The van der Waals surface area contributed by atoms with Gasteiger partial charge in [0.2, 0.25) is 10.0 Å². The van der Waals surface area contributed by atoms with Crippen molar-refractivity contribution in [3.63, 3.8) is 0 Å². The van der Waals surface area contributed by atoms with Crippen LogP contribution in [-0.4, -0.2) is 8.42 Å². The van der Waals surface area contributed by atoms with Crippen LogP contribution in [0.4, 0.5) is 4.39 Å². The van der Waals surface area contributed by atoms with Crippen LogP contribution in [0.25, 0.3) is 0 Å². The molecule has 2 rings (SSSR count). The zero-order valence-corrected chi connectivity index (χ0v) is 14.4. The minimum absolute atomic E-state index is 0.0715. The van der Waals surface area contributed by atoms with Crippen molar-refractivity contribution in [1.82, 2.24) is 4.72 Å². The molecule has 0 radical (unpaired) electrons. The summed E-state index contributed by atoms with van der Waals surface area (Å²) < 4.78 is 41.5. The van der Waals surface area contributed by atoms with Gasteiger partial charge in [-0.15, -0.1) is 11.3 Å². The van der Waals surface area contributed by atoms with Crippen molar-refractivity contribution in [2.24, 2.45) is 5.73 Å². The minimum atomic E-state index is -3.94. The first-order valence-electron chi connectivity index (χ1n) is 6.06. The second-order valence-electron chi connectivity index (χ2n) is 4.42. The Bertz CT molecular complexity index is 760. The molecule has 0 amide bonds. The molecule has 0 unspecified atom stereocenters. The molecule has 4 nitrogen and oxygen atoms in total. The summed E-state index contributed by atoms with van der Waals surface area (Å²) in [6, 6.07) is 6.44. The van der Waals surface area contributed by atoms with Crippen molar-refractivity contribution in [2.45, 2.75) is 24.9 Å². The van der Waals surface area contributed by atoms with E-state index in [1.165, 1.54) is 23.5 Å². The van der Waals surface area contributed by atoms with Crippen LogP contribution < -0.4 is 10.5 Å². The van der Waals surface area contributed by atoms with Gasteiger partial charge in [-0.2, -0.15) is 0 Å². The molecule has 2 aromatic rings. The smallest absolute Gasteiger partial charge is 0.243 e. The lowest BCUT2D eigenvalue weighted by Crippen LogP contribution is -2.24. The van der Waals surface area contributed by atoms with Crippen LogP contribution in [0.15, 0.2) is 33.6 Å². The molecule has 0 atom stereocenters. The van der Waals surface area contributed by atoms with Gasteiger partial charge in [0.15, 0.2) is 0 Å². The first-order valence-corrected chi connectivity index (χ1v) is 9.15. The Morgan fingerprint density at radius 1 is 1.38 bits per heavy atom. The molecule has 8 heteroatoms. The van der Waals surface area contributed by atoms with Gasteiger partial charge in [-0.3, -0.25) is 0 Å². The van der Waals surface area contributed by atoms with Crippen molar-refractivity contribution in [1.29, 1.82) is 0 Å². The van der Waals surface area contributed by atoms with E-state index in [1.54, 1.807) is 0 Å². The largest absolute Gasteiger partial charge is 0.326 e. The number of sulfonamides is 1. The van der Waals surface area contributed by atoms with Crippen molar-refractivity contribution in [2.75, 3.05) is 0 Å². The number of hydrogen-bond donors (Lipinski definition) is 2. The van der Waals surface area contributed by atoms with Gasteiger partial charge in [-0.1, -0.05) is 15.9 Å². The van der Waals surface area contributed by atoms with Crippen molar-refractivity contribution < 1.29 is 12.8 Å². The molecule has 1 heterocycles. The quantitative estimate of drug-likeness (QED) is 0.821. The van der Waals surface area contributed by atoms with Crippen LogP contribution in [-0.2, 0) is 23.1 Å². The van der Waals surface area contributed by atoms with Gasteiger partial charge in [0.25, 0.3) is 0 Å². The number of nitrogens with two attached hydrogens (primary N) is 1. The first kappa shape index (κ1) is 16.6. The normalized spacial score (nSPS) is 11.8. The molecule has 0 bridgehead atoms. The molecule has 21 heavy (non-hydrogen) atoms. The maximum atomic E-state index is 14.2. The summed E-state index contributed by atoms with van der Waals surface area (Å²) in [4.78, 5) is 1.55. The zero-order chi connectivity index (χ0) is 15.6. The molecule has 3 N–H and O–H groups in total. The standard InChI is InChI=1S/C13H14BrFN2O2S2/c1-8-2-3-11(20-8)7-17-21(18,19)12-5-10(14)4-9(6-16)13(12)15/h2-5,17H,6-7,16H2,1H3. The highest BCUT2D eigenvalue weighted by atomic mass is 79.9. The van der Waals surface area contributed by atoms with Crippen LogP contribution >= 0.6 is 27.3 Å². The van der Waals surface area contributed by atoms with E-state index >= 15 is 0 Å². The predicted octanol–water partition coefficient (Wildman–Crippen LogP) is 2.90. The highest BCUT2D eigenvalue weighted by Gasteiger charge is 2.22. The summed E-state index contributed by atoms with van der Waals surface area (Å²) in [5.74, 6) is -0.810. The van der Waals surface area contributed by atoms with Gasteiger partial charge in [0.05, 0.1) is 0 Å². The molecule has 1 aromatic carbocycles. The van der Waals surface area contributed by atoms with Gasteiger partial charge in [-0.25, -0.2) is 17.5 Å². The fraction of sp³-hybridized carbons (Fsp3) is 0.231. The summed E-state index contributed by atoms with van der Waals surface area (Å²) in [6.07, 6.45) is 0. The Kier molecular flexibility index (Phi) is 5.15. The number of halogens is 2. The SMILES string of the molecule is Cc1ccc(CNS(=O)(=O)c2cc(Br)cc(CN)c2F)s1. The minimum Gasteiger partial charge on any atom is -0.326 e. The van der Waals surface area contributed by atoms with E-state index < -0.39 is 20.7 Å². The molecular weight excluding hydrogens is 379 g/mol. The molecule has 1 aromatic heterocycles. The Balaban J connectivity index is 2.29. The number of rotatable bonds is 5. The van der Waals surface area contributed by atoms with Crippen LogP contribution in [0.1, 0.15) is 15.3 Å². The third-order valence-corrected chi connectivity index (χ3v) is 5.68. The summed E-state index contributed by atoms with van der Waals surface area (Å²) in [5.41, 5.74) is 5.57. The van der Waals surface area contributed by atoms with Crippen LogP contribution in [0.2, 0.25) is 0 Å². The van der Waals surface area contributed by atoms with Gasteiger partial charge < -0.3 is 5.73 Å². The Morgan fingerprint density at radius 3 is 2.67 bits per heavy atom. The molecule has 0 saturated carbocycles. The summed E-state index contributed by atoms with van der Waals surface area (Å²) in [6.45, 7) is 1.99. The summed E-state index contributed by atoms with van der Waals surface area (Å²) >= 11 is 4.66. The fourth-order valence-corrected chi connectivity index (χ4v) is 4.51. The van der Waals surface area contributed by atoms with E-state index in [4.69, 9.17) is 5.73 Å². The number of benzene rings is 1. The monoisotopic (exact) mass is 392 g/mol. The Labute approximate surface area is 135 Å². The lowest BCUT2D eigenvalue weighted by molar-refractivity contribution is 0.549. The molecule has 0 aliphatic carbocycles. The van der Waals surface area contributed by atoms with Gasteiger partial charge in [0.1, 0.15) is 10.7 Å². The average molecular weight is 393 g/mol. The average Bonchev–Trinajstić information content (AvgIpc) is 2.84. The van der Waals surface area contributed by atoms with Crippen LogP contribution in [0.3, 0.4) is 0 Å². The predicted molar refractivity (Wildman–Crippen MR) is 85.1 cm³/mol. The lowest BCUT2D eigenvalue weighted by Gasteiger charge is -2.10. The topological polar surface area (TPSA) is 72.2 Å². The van der Waals surface area contributed by atoms with Gasteiger partial charge >= 0.3 is 0 Å². The van der Waals surface area contributed by atoms with Gasteiger partial charge in [0, 0.05) is 32.9 Å². The second kappa shape index (κ2) is 6.53.